The van der Waals surface area contributed by atoms with Gasteiger partial charge >= 0.3 is 5.97 Å². The maximum atomic E-state index is 10.8. The summed E-state index contributed by atoms with van der Waals surface area (Å²) in [5.74, 6) is 0.123. The lowest BCUT2D eigenvalue weighted by Crippen LogP contribution is -2.18. The number of halogens is 1. The summed E-state index contributed by atoms with van der Waals surface area (Å²) in [6.07, 6.45) is 0.303. The number of rotatable bonds is 3. The van der Waals surface area contributed by atoms with Crippen LogP contribution in [0.15, 0.2) is 0 Å². The normalized spacial score (nSPS) is 11.3. The molecule has 0 aromatic heterocycles. The first-order valence-electron chi connectivity index (χ1n) is 3.67. The molecule has 0 atom stereocenters. The largest absolute Gasteiger partial charge is 0.465 e. The summed E-state index contributed by atoms with van der Waals surface area (Å²) >= 11 is 5.35. The van der Waals surface area contributed by atoms with E-state index in [0.29, 0.717) is 18.9 Å². The Morgan fingerprint density at radius 1 is 1.45 bits per heavy atom. The zero-order valence-electron chi connectivity index (χ0n) is 7.32. The Bertz CT molecular complexity index is 127. The van der Waals surface area contributed by atoms with E-state index in [4.69, 9.17) is 16.3 Å². The molecule has 0 aromatic rings. The Balaban J connectivity index is 3.46. The lowest BCUT2D eigenvalue weighted by Gasteiger charge is -2.17. The molecule has 0 saturated heterocycles. The monoisotopic (exact) mass is 178 g/mol. The van der Waals surface area contributed by atoms with Gasteiger partial charge in [-0.25, -0.2) is 0 Å². The van der Waals surface area contributed by atoms with Crippen LogP contribution in [0.5, 0.6) is 0 Å². The van der Waals surface area contributed by atoms with Crippen LogP contribution in [-0.4, -0.2) is 18.5 Å². The fourth-order valence-corrected chi connectivity index (χ4v) is 0.601. The Morgan fingerprint density at radius 2 is 2.00 bits per heavy atom. The highest BCUT2D eigenvalue weighted by Gasteiger charge is 2.12. The molecule has 0 unspecified atom stereocenters. The molecule has 0 fully saturated rings. The first kappa shape index (κ1) is 10.8. The standard InChI is InChI=1S/C8H15ClO2/c1-8(2,3)6-11-7(10)4-5-9/h4-6H2,1-3H3. The predicted molar refractivity (Wildman–Crippen MR) is 45.8 cm³/mol. The minimum absolute atomic E-state index is 0.0436. The van der Waals surface area contributed by atoms with Gasteiger partial charge in [0.2, 0.25) is 0 Å². The van der Waals surface area contributed by atoms with Gasteiger partial charge in [-0.05, 0) is 5.41 Å². The van der Waals surface area contributed by atoms with Gasteiger partial charge in [-0.15, -0.1) is 11.6 Å². The van der Waals surface area contributed by atoms with E-state index in [1.807, 2.05) is 20.8 Å². The molecule has 66 valence electrons. The van der Waals surface area contributed by atoms with Crippen molar-refractivity contribution in [1.29, 1.82) is 0 Å². The Hall–Kier alpha value is -0.240. The van der Waals surface area contributed by atoms with Gasteiger partial charge in [0, 0.05) is 5.88 Å². The molecule has 0 amide bonds. The van der Waals surface area contributed by atoms with Crippen LogP contribution < -0.4 is 0 Å². The summed E-state index contributed by atoms with van der Waals surface area (Å²) in [5.41, 5.74) is 0.0436. The fourth-order valence-electron chi connectivity index (χ4n) is 0.446. The molecule has 0 aliphatic carbocycles. The summed E-state index contributed by atoms with van der Waals surface area (Å²) in [6.45, 7) is 6.51. The van der Waals surface area contributed by atoms with E-state index in [1.165, 1.54) is 0 Å². The van der Waals surface area contributed by atoms with Crippen LogP contribution in [-0.2, 0) is 9.53 Å². The fraction of sp³-hybridized carbons (Fsp3) is 0.875. The summed E-state index contributed by atoms with van der Waals surface area (Å²) in [5, 5.41) is 0. The number of hydrogen-bond acceptors (Lipinski definition) is 2. The van der Waals surface area contributed by atoms with Crippen LogP contribution in [0.4, 0.5) is 0 Å². The zero-order valence-corrected chi connectivity index (χ0v) is 8.07. The number of alkyl halides is 1. The third-order valence-electron chi connectivity index (χ3n) is 0.965. The predicted octanol–water partition coefficient (Wildman–Crippen LogP) is 2.20. The van der Waals surface area contributed by atoms with Crippen molar-refractivity contribution in [2.75, 3.05) is 12.5 Å². The van der Waals surface area contributed by atoms with Crippen molar-refractivity contribution in [3.05, 3.63) is 0 Å². The highest BCUT2D eigenvalue weighted by molar-refractivity contribution is 6.18. The molecule has 0 radical (unpaired) electrons. The topological polar surface area (TPSA) is 26.3 Å². The molecule has 2 nitrogen and oxygen atoms in total. The van der Waals surface area contributed by atoms with E-state index in [9.17, 15) is 4.79 Å². The second-order valence-electron chi connectivity index (χ2n) is 3.66. The second-order valence-corrected chi connectivity index (χ2v) is 4.04. The molecule has 0 bridgehead atoms. The van der Waals surface area contributed by atoms with Crippen LogP contribution in [0, 0.1) is 5.41 Å². The molecule has 0 heterocycles. The Labute approximate surface area is 72.9 Å². The molecular formula is C8H15ClO2. The third kappa shape index (κ3) is 7.66. The van der Waals surface area contributed by atoms with E-state index in [0.717, 1.165) is 0 Å². The molecular weight excluding hydrogens is 164 g/mol. The average Bonchev–Trinajstić information content (AvgIpc) is 1.83. The van der Waals surface area contributed by atoms with Crippen LogP contribution in [0.25, 0.3) is 0 Å². The molecule has 0 rings (SSSR count). The van der Waals surface area contributed by atoms with Gasteiger partial charge in [0.15, 0.2) is 0 Å². The number of esters is 1. The van der Waals surface area contributed by atoms with Crippen molar-refractivity contribution in [3.63, 3.8) is 0 Å². The Morgan fingerprint density at radius 3 is 2.36 bits per heavy atom. The molecule has 0 aliphatic heterocycles. The molecule has 0 N–H and O–H groups in total. The van der Waals surface area contributed by atoms with Gasteiger partial charge in [0.25, 0.3) is 0 Å². The lowest BCUT2D eigenvalue weighted by molar-refractivity contribution is -0.145. The second kappa shape index (κ2) is 4.60. The Kier molecular flexibility index (Phi) is 4.50. The van der Waals surface area contributed by atoms with Gasteiger partial charge in [-0.3, -0.25) is 4.79 Å². The highest BCUT2D eigenvalue weighted by Crippen LogP contribution is 2.13. The van der Waals surface area contributed by atoms with Crippen molar-refractivity contribution in [2.24, 2.45) is 5.41 Å². The summed E-state index contributed by atoms with van der Waals surface area (Å²) in [7, 11) is 0. The van der Waals surface area contributed by atoms with Crippen molar-refractivity contribution in [1.82, 2.24) is 0 Å². The zero-order chi connectivity index (χ0) is 8.91. The van der Waals surface area contributed by atoms with Gasteiger partial charge < -0.3 is 4.74 Å². The first-order chi connectivity index (χ1) is 4.95. The number of carbonyl (C=O) groups is 1. The summed E-state index contributed by atoms with van der Waals surface area (Å²) < 4.78 is 4.92. The third-order valence-corrected chi connectivity index (χ3v) is 1.15. The van der Waals surface area contributed by atoms with E-state index in [-0.39, 0.29) is 11.4 Å². The van der Waals surface area contributed by atoms with Crippen molar-refractivity contribution >= 4 is 17.6 Å². The quantitative estimate of drug-likeness (QED) is 0.489. The van der Waals surface area contributed by atoms with E-state index in [1.54, 1.807) is 0 Å². The highest BCUT2D eigenvalue weighted by atomic mass is 35.5. The van der Waals surface area contributed by atoms with E-state index < -0.39 is 0 Å². The lowest BCUT2D eigenvalue weighted by atomic mass is 9.99. The SMILES string of the molecule is CC(C)(C)COC(=O)CCCl. The first-order valence-corrected chi connectivity index (χ1v) is 4.21. The van der Waals surface area contributed by atoms with Gasteiger partial charge in [0.1, 0.15) is 0 Å². The molecule has 0 aromatic carbocycles. The molecule has 11 heavy (non-hydrogen) atoms. The minimum Gasteiger partial charge on any atom is -0.465 e. The van der Waals surface area contributed by atoms with Crippen LogP contribution >= 0.6 is 11.6 Å². The number of ether oxygens (including phenoxy) is 1. The van der Waals surface area contributed by atoms with Gasteiger partial charge in [-0.1, -0.05) is 20.8 Å². The van der Waals surface area contributed by atoms with Crippen molar-refractivity contribution in [3.8, 4) is 0 Å². The van der Waals surface area contributed by atoms with Gasteiger partial charge in [0.05, 0.1) is 13.0 Å². The summed E-state index contributed by atoms with van der Waals surface area (Å²) in [4.78, 5) is 10.8. The smallest absolute Gasteiger partial charge is 0.307 e. The van der Waals surface area contributed by atoms with E-state index in [2.05, 4.69) is 0 Å². The molecule has 0 saturated carbocycles. The molecule has 0 spiro atoms. The van der Waals surface area contributed by atoms with Crippen molar-refractivity contribution < 1.29 is 9.53 Å². The van der Waals surface area contributed by atoms with Crippen LogP contribution in [0.2, 0.25) is 0 Å². The maximum Gasteiger partial charge on any atom is 0.307 e. The van der Waals surface area contributed by atoms with E-state index >= 15 is 0 Å². The molecule has 0 aliphatic rings. The maximum absolute atomic E-state index is 10.8. The average molecular weight is 179 g/mol. The van der Waals surface area contributed by atoms with Crippen LogP contribution in [0.3, 0.4) is 0 Å². The minimum atomic E-state index is -0.213. The van der Waals surface area contributed by atoms with Crippen molar-refractivity contribution in [2.45, 2.75) is 27.2 Å². The number of hydrogen-bond donors (Lipinski definition) is 0. The summed E-state index contributed by atoms with van der Waals surface area (Å²) in [6, 6.07) is 0. The van der Waals surface area contributed by atoms with Gasteiger partial charge in [-0.2, -0.15) is 0 Å². The van der Waals surface area contributed by atoms with Crippen LogP contribution in [0.1, 0.15) is 27.2 Å². The number of carbonyl (C=O) groups excluding carboxylic acids is 1. The molecule has 3 heteroatoms.